The van der Waals surface area contributed by atoms with Crippen molar-refractivity contribution in [1.29, 1.82) is 0 Å². The zero-order valence-electron chi connectivity index (χ0n) is 12.4. The van der Waals surface area contributed by atoms with Crippen LogP contribution >= 0.6 is 11.6 Å². The van der Waals surface area contributed by atoms with Crippen LogP contribution in [0.4, 0.5) is 17.6 Å². The van der Waals surface area contributed by atoms with Gasteiger partial charge in [-0.05, 0) is 19.9 Å². The number of hydrogen-bond acceptors (Lipinski definition) is 7. The molecule has 3 heterocycles. The Bertz CT molecular complexity index is 645. The molecule has 2 aromatic heterocycles. The quantitative estimate of drug-likeness (QED) is 0.929. The molecule has 0 bridgehead atoms. The largest absolute Gasteiger partial charge is 0.372 e. The van der Waals surface area contributed by atoms with Gasteiger partial charge in [-0.15, -0.1) is 5.10 Å². The molecule has 0 radical (unpaired) electrons. The van der Waals surface area contributed by atoms with E-state index in [9.17, 15) is 0 Å². The van der Waals surface area contributed by atoms with Crippen molar-refractivity contribution in [1.82, 2.24) is 20.2 Å². The molecular formula is C14H17ClN6O. The maximum Gasteiger partial charge on any atom is 0.227 e. The summed E-state index contributed by atoms with van der Waals surface area (Å²) in [4.78, 5) is 11.0. The Kier molecular flexibility index (Phi) is 4.35. The molecule has 8 heteroatoms. The molecule has 0 amide bonds. The van der Waals surface area contributed by atoms with Crippen LogP contribution in [-0.4, -0.2) is 45.5 Å². The van der Waals surface area contributed by atoms with Gasteiger partial charge in [-0.1, -0.05) is 11.6 Å². The molecule has 0 unspecified atom stereocenters. The molecule has 1 aliphatic rings. The van der Waals surface area contributed by atoms with Gasteiger partial charge in [-0.3, -0.25) is 0 Å². The van der Waals surface area contributed by atoms with Crippen molar-refractivity contribution in [3.63, 3.8) is 0 Å². The molecule has 1 N–H and O–H groups in total. The average molecular weight is 321 g/mol. The maximum absolute atomic E-state index is 5.90. The molecule has 1 saturated heterocycles. The van der Waals surface area contributed by atoms with Crippen molar-refractivity contribution in [2.45, 2.75) is 26.1 Å². The number of morpholine rings is 1. The molecular weight excluding hydrogens is 304 g/mol. The number of nitrogens with one attached hydrogen (secondary N) is 1. The van der Waals surface area contributed by atoms with Gasteiger partial charge in [-0.25, -0.2) is 4.98 Å². The molecule has 2 aromatic rings. The highest BCUT2D eigenvalue weighted by molar-refractivity contribution is 6.30. The lowest BCUT2D eigenvalue weighted by Gasteiger charge is -2.35. The fourth-order valence-electron chi connectivity index (χ4n) is 2.45. The third-order valence-electron chi connectivity index (χ3n) is 3.22. The van der Waals surface area contributed by atoms with Crippen LogP contribution in [-0.2, 0) is 4.74 Å². The molecule has 0 spiro atoms. The Hall–Kier alpha value is -1.99. The van der Waals surface area contributed by atoms with Gasteiger partial charge >= 0.3 is 0 Å². The van der Waals surface area contributed by atoms with Crippen molar-refractivity contribution in [2.75, 3.05) is 23.3 Å². The topological polar surface area (TPSA) is 76.1 Å². The molecule has 1 aliphatic heterocycles. The van der Waals surface area contributed by atoms with Gasteiger partial charge < -0.3 is 15.0 Å². The van der Waals surface area contributed by atoms with Crippen LogP contribution in [0.5, 0.6) is 0 Å². The van der Waals surface area contributed by atoms with Crippen LogP contribution in [0.1, 0.15) is 13.8 Å². The summed E-state index contributed by atoms with van der Waals surface area (Å²) < 4.78 is 5.73. The highest BCUT2D eigenvalue weighted by Gasteiger charge is 2.24. The van der Waals surface area contributed by atoms with Gasteiger partial charge in [0.15, 0.2) is 5.82 Å². The van der Waals surface area contributed by atoms with Gasteiger partial charge in [0.1, 0.15) is 5.82 Å². The predicted octanol–water partition coefficient (Wildman–Crippen LogP) is 2.28. The highest BCUT2D eigenvalue weighted by Crippen LogP contribution is 2.20. The minimum atomic E-state index is 0.155. The Labute approximate surface area is 133 Å². The molecule has 7 nitrogen and oxygen atoms in total. The second-order valence-electron chi connectivity index (χ2n) is 5.29. The van der Waals surface area contributed by atoms with E-state index in [1.54, 1.807) is 18.3 Å². The number of anilines is 3. The number of rotatable bonds is 3. The van der Waals surface area contributed by atoms with E-state index in [1.807, 2.05) is 13.8 Å². The van der Waals surface area contributed by atoms with Crippen LogP contribution in [0.2, 0.25) is 5.02 Å². The predicted molar refractivity (Wildman–Crippen MR) is 84.6 cm³/mol. The van der Waals surface area contributed by atoms with Gasteiger partial charge in [0.25, 0.3) is 0 Å². The van der Waals surface area contributed by atoms with Crippen molar-refractivity contribution >= 4 is 29.2 Å². The first-order chi connectivity index (χ1) is 10.6. The highest BCUT2D eigenvalue weighted by atomic mass is 35.5. The van der Waals surface area contributed by atoms with Crippen LogP contribution in [0.3, 0.4) is 0 Å². The molecule has 3 rings (SSSR count). The number of halogens is 1. The Morgan fingerprint density at radius 1 is 1.27 bits per heavy atom. The standard InChI is InChI=1S/C14H17ClN6O/c1-9-7-21(8-10(2)22-9)14-16-4-3-12(19-14)18-13-5-11(15)6-17-20-13/h3-6,9-10H,7-8H2,1-2H3,(H,16,18,19,20)/t9-,10+. The maximum atomic E-state index is 5.90. The van der Waals surface area contributed by atoms with Gasteiger partial charge in [-0.2, -0.15) is 10.1 Å². The monoisotopic (exact) mass is 320 g/mol. The van der Waals surface area contributed by atoms with Crippen LogP contribution in [0.25, 0.3) is 0 Å². The molecule has 0 saturated carbocycles. The Balaban J connectivity index is 1.77. The van der Waals surface area contributed by atoms with E-state index >= 15 is 0 Å². The number of nitrogens with zero attached hydrogens (tertiary/aromatic N) is 5. The van der Waals surface area contributed by atoms with Crippen LogP contribution in [0, 0.1) is 0 Å². The summed E-state index contributed by atoms with van der Waals surface area (Å²) in [5.41, 5.74) is 0. The second-order valence-corrected chi connectivity index (χ2v) is 5.72. The summed E-state index contributed by atoms with van der Waals surface area (Å²) in [6.45, 7) is 5.63. The van der Waals surface area contributed by atoms with Crippen molar-refractivity contribution in [3.8, 4) is 0 Å². The van der Waals surface area contributed by atoms with E-state index in [2.05, 4.69) is 30.4 Å². The third-order valence-corrected chi connectivity index (χ3v) is 3.43. The van der Waals surface area contributed by atoms with E-state index in [-0.39, 0.29) is 12.2 Å². The van der Waals surface area contributed by atoms with E-state index in [1.165, 1.54) is 6.20 Å². The van der Waals surface area contributed by atoms with Gasteiger partial charge in [0.2, 0.25) is 5.95 Å². The van der Waals surface area contributed by atoms with Crippen LogP contribution in [0.15, 0.2) is 24.5 Å². The normalized spacial score (nSPS) is 21.7. The molecule has 0 aliphatic carbocycles. The van der Waals surface area contributed by atoms with Gasteiger partial charge in [0.05, 0.1) is 23.4 Å². The number of aromatic nitrogens is 4. The lowest BCUT2D eigenvalue weighted by atomic mass is 10.2. The summed E-state index contributed by atoms with van der Waals surface area (Å²) >= 11 is 5.90. The number of hydrogen-bond donors (Lipinski definition) is 1. The van der Waals surface area contributed by atoms with E-state index in [0.717, 1.165) is 13.1 Å². The Morgan fingerprint density at radius 2 is 2.05 bits per heavy atom. The molecule has 1 fully saturated rings. The Morgan fingerprint density at radius 3 is 2.77 bits per heavy atom. The molecule has 0 aromatic carbocycles. The zero-order valence-corrected chi connectivity index (χ0v) is 13.2. The first-order valence-corrected chi connectivity index (χ1v) is 7.46. The van der Waals surface area contributed by atoms with E-state index in [4.69, 9.17) is 16.3 Å². The lowest BCUT2D eigenvalue weighted by Crippen LogP contribution is -2.46. The van der Waals surface area contributed by atoms with Crippen molar-refractivity contribution in [2.24, 2.45) is 0 Å². The fourth-order valence-corrected chi connectivity index (χ4v) is 2.59. The average Bonchev–Trinajstić information content (AvgIpc) is 2.46. The van der Waals surface area contributed by atoms with Crippen LogP contribution < -0.4 is 10.2 Å². The first-order valence-electron chi connectivity index (χ1n) is 7.09. The summed E-state index contributed by atoms with van der Waals surface area (Å²) in [6.07, 6.45) is 3.51. The summed E-state index contributed by atoms with van der Waals surface area (Å²) in [5, 5.41) is 11.4. The lowest BCUT2D eigenvalue weighted by molar-refractivity contribution is -0.00571. The fraction of sp³-hybridized carbons (Fsp3) is 0.429. The van der Waals surface area contributed by atoms with E-state index in [0.29, 0.717) is 22.6 Å². The third kappa shape index (κ3) is 3.61. The minimum absolute atomic E-state index is 0.155. The zero-order chi connectivity index (χ0) is 15.5. The molecule has 22 heavy (non-hydrogen) atoms. The SMILES string of the molecule is C[C@@H]1CN(c2nccc(Nc3cc(Cl)cnn3)n2)C[C@H](C)O1. The summed E-state index contributed by atoms with van der Waals surface area (Å²) in [7, 11) is 0. The number of ether oxygens (including phenoxy) is 1. The van der Waals surface area contributed by atoms with E-state index < -0.39 is 0 Å². The van der Waals surface area contributed by atoms with Crippen molar-refractivity contribution < 1.29 is 4.74 Å². The molecule has 116 valence electrons. The smallest absolute Gasteiger partial charge is 0.227 e. The summed E-state index contributed by atoms with van der Waals surface area (Å²) in [6, 6.07) is 3.47. The molecule has 2 atom stereocenters. The van der Waals surface area contributed by atoms with Crippen molar-refractivity contribution in [3.05, 3.63) is 29.5 Å². The first kappa shape index (κ1) is 14.9. The second kappa shape index (κ2) is 6.41. The summed E-state index contributed by atoms with van der Waals surface area (Å²) in [5.74, 6) is 1.86. The van der Waals surface area contributed by atoms with Gasteiger partial charge in [0, 0.05) is 25.4 Å². The minimum Gasteiger partial charge on any atom is -0.372 e.